The SMILES string of the molecule is CC(C)(C)CC(=O)NC[C@H](c1ccco1)[NH+]1CCc2ccccc2C1. The van der Waals surface area contributed by atoms with E-state index in [0.29, 0.717) is 13.0 Å². The van der Waals surface area contributed by atoms with Gasteiger partial charge in [-0.25, -0.2) is 0 Å². The topological polar surface area (TPSA) is 46.7 Å². The Morgan fingerprint density at radius 1 is 1.20 bits per heavy atom. The fraction of sp³-hybridized carbons (Fsp3) is 0.476. The summed E-state index contributed by atoms with van der Waals surface area (Å²) in [7, 11) is 0. The number of carbonyl (C=O) groups excluding carboxylic acids is 1. The molecule has 0 aliphatic carbocycles. The van der Waals surface area contributed by atoms with Crippen LogP contribution in [0.5, 0.6) is 0 Å². The molecule has 2 aromatic rings. The zero-order chi connectivity index (χ0) is 17.9. The lowest BCUT2D eigenvalue weighted by Crippen LogP contribution is -3.12. The average molecular weight is 341 g/mol. The van der Waals surface area contributed by atoms with Gasteiger partial charge in [-0.05, 0) is 23.1 Å². The molecule has 3 rings (SSSR count). The van der Waals surface area contributed by atoms with Gasteiger partial charge in [0.15, 0.2) is 11.8 Å². The van der Waals surface area contributed by atoms with Gasteiger partial charge in [-0.15, -0.1) is 0 Å². The van der Waals surface area contributed by atoms with Crippen molar-refractivity contribution in [1.82, 2.24) is 5.32 Å². The van der Waals surface area contributed by atoms with Crippen LogP contribution in [0.1, 0.15) is 50.1 Å². The van der Waals surface area contributed by atoms with E-state index in [4.69, 9.17) is 4.42 Å². The Bertz CT molecular complexity index is 701. The van der Waals surface area contributed by atoms with Gasteiger partial charge in [0, 0.05) is 18.4 Å². The van der Waals surface area contributed by atoms with E-state index in [-0.39, 0.29) is 17.4 Å². The maximum Gasteiger partial charge on any atom is 0.220 e. The summed E-state index contributed by atoms with van der Waals surface area (Å²) < 4.78 is 5.70. The predicted octanol–water partition coefficient (Wildman–Crippen LogP) is 2.51. The Morgan fingerprint density at radius 2 is 1.96 bits per heavy atom. The summed E-state index contributed by atoms with van der Waals surface area (Å²) in [5.41, 5.74) is 2.85. The van der Waals surface area contributed by atoms with Gasteiger partial charge in [0.1, 0.15) is 6.54 Å². The van der Waals surface area contributed by atoms with Crippen LogP contribution in [0.4, 0.5) is 0 Å². The third-order valence-electron chi connectivity index (χ3n) is 4.83. The first-order valence-electron chi connectivity index (χ1n) is 9.14. The number of hydrogen-bond donors (Lipinski definition) is 2. The summed E-state index contributed by atoms with van der Waals surface area (Å²) in [5.74, 6) is 1.06. The minimum absolute atomic E-state index is 0.00117. The van der Waals surface area contributed by atoms with Crippen molar-refractivity contribution in [1.29, 1.82) is 0 Å². The Kier molecular flexibility index (Phi) is 5.28. The number of nitrogens with one attached hydrogen (secondary N) is 2. The zero-order valence-corrected chi connectivity index (χ0v) is 15.5. The molecule has 1 unspecified atom stereocenters. The maximum absolute atomic E-state index is 12.3. The van der Waals surface area contributed by atoms with Crippen LogP contribution in [0.2, 0.25) is 0 Å². The van der Waals surface area contributed by atoms with Crippen molar-refractivity contribution in [3.63, 3.8) is 0 Å². The molecule has 0 radical (unpaired) electrons. The predicted molar refractivity (Wildman–Crippen MR) is 98.2 cm³/mol. The molecule has 1 amide bonds. The molecule has 0 saturated heterocycles. The lowest BCUT2D eigenvalue weighted by atomic mass is 9.92. The van der Waals surface area contributed by atoms with E-state index in [2.05, 4.69) is 50.4 Å². The van der Waals surface area contributed by atoms with Crippen molar-refractivity contribution in [3.05, 3.63) is 59.5 Å². The van der Waals surface area contributed by atoms with E-state index in [9.17, 15) is 4.79 Å². The van der Waals surface area contributed by atoms with Gasteiger partial charge >= 0.3 is 0 Å². The molecule has 4 nitrogen and oxygen atoms in total. The summed E-state index contributed by atoms with van der Waals surface area (Å²) in [6.07, 6.45) is 3.32. The molecule has 1 aromatic carbocycles. The van der Waals surface area contributed by atoms with Gasteiger partial charge in [-0.1, -0.05) is 45.0 Å². The molecule has 0 fully saturated rings. The van der Waals surface area contributed by atoms with Crippen LogP contribution in [0.25, 0.3) is 0 Å². The summed E-state index contributed by atoms with van der Waals surface area (Å²) in [6, 6.07) is 12.7. The molecule has 1 aliphatic rings. The fourth-order valence-electron chi connectivity index (χ4n) is 3.60. The highest BCUT2D eigenvalue weighted by Crippen LogP contribution is 2.19. The Labute approximate surface area is 150 Å². The number of carbonyl (C=O) groups is 1. The van der Waals surface area contributed by atoms with Gasteiger partial charge < -0.3 is 14.6 Å². The summed E-state index contributed by atoms with van der Waals surface area (Å²) in [5, 5.41) is 3.13. The Hall–Kier alpha value is -2.07. The Balaban J connectivity index is 1.70. The van der Waals surface area contributed by atoms with Crippen molar-refractivity contribution in [2.45, 2.75) is 46.2 Å². The molecule has 2 atom stereocenters. The zero-order valence-electron chi connectivity index (χ0n) is 15.5. The third-order valence-corrected chi connectivity index (χ3v) is 4.83. The first-order chi connectivity index (χ1) is 11.9. The number of furan rings is 1. The maximum atomic E-state index is 12.3. The largest absolute Gasteiger partial charge is 0.463 e. The number of rotatable bonds is 5. The molecule has 2 heterocycles. The molecule has 25 heavy (non-hydrogen) atoms. The van der Waals surface area contributed by atoms with Crippen LogP contribution in [0.15, 0.2) is 47.1 Å². The smallest absolute Gasteiger partial charge is 0.220 e. The van der Waals surface area contributed by atoms with Crippen molar-refractivity contribution in [2.75, 3.05) is 13.1 Å². The molecular weight excluding hydrogens is 312 g/mol. The molecule has 1 aromatic heterocycles. The van der Waals surface area contributed by atoms with E-state index in [0.717, 1.165) is 25.3 Å². The van der Waals surface area contributed by atoms with E-state index < -0.39 is 0 Å². The van der Waals surface area contributed by atoms with Gasteiger partial charge in [0.25, 0.3) is 0 Å². The molecular formula is C21H29N2O2+. The Morgan fingerprint density at radius 3 is 2.64 bits per heavy atom. The average Bonchev–Trinajstić information content (AvgIpc) is 3.07. The van der Waals surface area contributed by atoms with Gasteiger partial charge in [0.2, 0.25) is 5.91 Å². The van der Waals surface area contributed by atoms with Crippen LogP contribution in [0, 0.1) is 5.41 Å². The summed E-state index contributed by atoms with van der Waals surface area (Å²) >= 11 is 0. The van der Waals surface area contributed by atoms with Crippen molar-refractivity contribution < 1.29 is 14.1 Å². The number of amides is 1. The van der Waals surface area contributed by atoms with Gasteiger partial charge in [-0.2, -0.15) is 0 Å². The fourth-order valence-corrected chi connectivity index (χ4v) is 3.60. The summed E-state index contributed by atoms with van der Waals surface area (Å²) in [6.45, 7) is 8.89. The van der Waals surface area contributed by atoms with Crippen LogP contribution in [-0.2, 0) is 17.8 Å². The second kappa shape index (κ2) is 7.44. The third kappa shape index (κ3) is 4.73. The van der Waals surface area contributed by atoms with E-state index in [1.807, 2.05) is 12.1 Å². The number of hydrogen-bond acceptors (Lipinski definition) is 2. The first kappa shape index (κ1) is 17.7. The highest BCUT2D eigenvalue weighted by molar-refractivity contribution is 5.76. The number of fused-ring (bicyclic) bond motifs is 1. The van der Waals surface area contributed by atoms with Crippen LogP contribution in [-0.4, -0.2) is 19.0 Å². The van der Waals surface area contributed by atoms with E-state index in [1.165, 1.54) is 16.0 Å². The van der Waals surface area contributed by atoms with Crippen molar-refractivity contribution >= 4 is 5.91 Å². The van der Waals surface area contributed by atoms with Crippen LogP contribution in [0.3, 0.4) is 0 Å². The number of quaternary nitrogens is 1. The lowest BCUT2D eigenvalue weighted by molar-refractivity contribution is -0.946. The minimum Gasteiger partial charge on any atom is -0.463 e. The highest BCUT2D eigenvalue weighted by Gasteiger charge is 2.30. The molecule has 0 bridgehead atoms. The lowest BCUT2D eigenvalue weighted by Gasteiger charge is -2.32. The van der Waals surface area contributed by atoms with Crippen LogP contribution < -0.4 is 10.2 Å². The monoisotopic (exact) mass is 341 g/mol. The molecule has 0 saturated carbocycles. The summed E-state index contributed by atoms with van der Waals surface area (Å²) in [4.78, 5) is 13.7. The second-order valence-corrected chi connectivity index (χ2v) is 8.21. The van der Waals surface area contributed by atoms with E-state index in [1.54, 1.807) is 6.26 Å². The molecule has 4 heteroatoms. The highest BCUT2D eigenvalue weighted by atomic mass is 16.3. The van der Waals surface area contributed by atoms with Crippen molar-refractivity contribution in [2.24, 2.45) is 5.41 Å². The van der Waals surface area contributed by atoms with Crippen LogP contribution >= 0.6 is 0 Å². The molecule has 134 valence electrons. The quantitative estimate of drug-likeness (QED) is 0.878. The number of benzene rings is 1. The first-order valence-corrected chi connectivity index (χ1v) is 9.14. The normalized spacial score (nSPS) is 18.4. The molecule has 1 aliphatic heterocycles. The van der Waals surface area contributed by atoms with Gasteiger partial charge in [0.05, 0.1) is 19.4 Å². The standard InChI is InChI=1S/C21H28N2O2/c1-21(2,3)13-20(24)22-14-18(19-9-6-12-25-19)23-11-10-16-7-4-5-8-17(16)15-23/h4-9,12,18H,10-11,13-15H2,1-3H3,(H,22,24)/p+1/t18-/m1/s1. The van der Waals surface area contributed by atoms with E-state index >= 15 is 0 Å². The van der Waals surface area contributed by atoms with Gasteiger partial charge in [-0.3, -0.25) is 4.79 Å². The minimum atomic E-state index is 0.00117. The molecule has 0 spiro atoms. The van der Waals surface area contributed by atoms with Crippen molar-refractivity contribution in [3.8, 4) is 0 Å². The molecule has 2 N–H and O–H groups in total. The second-order valence-electron chi connectivity index (χ2n) is 8.21.